The molecule has 0 aliphatic heterocycles. The first-order valence-electron chi connectivity index (χ1n) is 7.37. The second-order valence-corrected chi connectivity index (χ2v) is 5.31. The molecule has 0 aliphatic rings. The molecule has 0 saturated carbocycles. The third kappa shape index (κ3) is 3.29. The van der Waals surface area contributed by atoms with Crippen LogP contribution in [0.25, 0.3) is 11.5 Å². The molecule has 1 amide bonds. The number of hydrogen-bond donors (Lipinski definition) is 1. The third-order valence-corrected chi connectivity index (χ3v) is 3.75. The van der Waals surface area contributed by atoms with Gasteiger partial charge in [0.1, 0.15) is 0 Å². The Hall–Kier alpha value is -2.95. The third-order valence-electron chi connectivity index (χ3n) is 3.75. The van der Waals surface area contributed by atoms with Gasteiger partial charge in [-0.15, -0.1) is 0 Å². The zero-order chi connectivity index (χ0) is 16.2. The van der Waals surface area contributed by atoms with E-state index in [1.54, 1.807) is 0 Å². The second-order valence-electron chi connectivity index (χ2n) is 5.31. The Morgan fingerprint density at radius 2 is 1.87 bits per heavy atom. The van der Waals surface area contributed by atoms with Crippen molar-refractivity contribution in [1.29, 1.82) is 0 Å². The highest BCUT2D eigenvalue weighted by Crippen LogP contribution is 2.16. The van der Waals surface area contributed by atoms with Crippen molar-refractivity contribution in [2.24, 2.45) is 0 Å². The second kappa shape index (κ2) is 6.44. The molecule has 1 heterocycles. The first-order valence-corrected chi connectivity index (χ1v) is 7.37. The zero-order valence-corrected chi connectivity index (χ0v) is 13.0. The van der Waals surface area contributed by atoms with Gasteiger partial charge in [-0.05, 0) is 43.2 Å². The van der Waals surface area contributed by atoms with Crippen LogP contribution in [0.4, 0.5) is 0 Å². The maximum Gasteiger partial charge on any atom is 0.257 e. The Bertz CT molecular complexity index is 825. The Balaban J connectivity index is 1.68. The van der Waals surface area contributed by atoms with Crippen molar-refractivity contribution < 1.29 is 9.32 Å². The number of amides is 1. The number of carbonyl (C=O) groups excluding carboxylic acids is 1. The molecule has 5 heteroatoms. The molecule has 5 nitrogen and oxygen atoms in total. The van der Waals surface area contributed by atoms with E-state index in [0.29, 0.717) is 17.3 Å². The van der Waals surface area contributed by atoms with Crippen LogP contribution in [0.1, 0.15) is 27.3 Å². The van der Waals surface area contributed by atoms with Gasteiger partial charge in [0.25, 0.3) is 11.8 Å². The number of rotatable bonds is 4. The lowest BCUT2D eigenvalue weighted by atomic mass is 10.0. The van der Waals surface area contributed by atoms with Crippen LogP contribution in [0.5, 0.6) is 0 Å². The maximum absolute atomic E-state index is 12.3. The molecule has 0 unspecified atom stereocenters. The molecule has 0 saturated heterocycles. The summed E-state index contributed by atoms with van der Waals surface area (Å²) in [5.74, 6) is 0.751. The van der Waals surface area contributed by atoms with Crippen molar-refractivity contribution >= 4 is 5.91 Å². The highest BCUT2D eigenvalue weighted by atomic mass is 16.5. The Kier molecular flexibility index (Phi) is 4.19. The molecule has 0 spiro atoms. The fourth-order valence-corrected chi connectivity index (χ4v) is 2.28. The van der Waals surface area contributed by atoms with Gasteiger partial charge in [-0.3, -0.25) is 4.79 Å². The summed E-state index contributed by atoms with van der Waals surface area (Å²) in [5, 5.41) is 6.72. The fourth-order valence-electron chi connectivity index (χ4n) is 2.28. The molecule has 23 heavy (non-hydrogen) atoms. The Morgan fingerprint density at radius 3 is 2.65 bits per heavy atom. The van der Waals surface area contributed by atoms with Crippen LogP contribution < -0.4 is 5.32 Å². The summed E-state index contributed by atoms with van der Waals surface area (Å²) in [7, 11) is 0. The summed E-state index contributed by atoms with van der Waals surface area (Å²) in [5.41, 5.74) is 3.58. The first kappa shape index (κ1) is 15.0. The summed E-state index contributed by atoms with van der Waals surface area (Å²) in [6.45, 7) is 4.14. The Morgan fingerprint density at radius 1 is 1.09 bits per heavy atom. The molecule has 3 rings (SSSR count). The average Bonchev–Trinajstić information content (AvgIpc) is 3.05. The van der Waals surface area contributed by atoms with E-state index in [4.69, 9.17) is 4.52 Å². The minimum atomic E-state index is -0.141. The molecule has 1 aromatic heterocycles. The monoisotopic (exact) mass is 307 g/mol. The SMILES string of the molecule is Cc1cccc(C(=O)NCc2noc(-c3ccccc3)n2)c1C. The predicted octanol–water partition coefficient (Wildman–Crippen LogP) is 3.28. The lowest BCUT2D eigenvalue weighted by Crippen LogP contribution is -2.24. The van der Waals surface area contributed by atoms with Crippen molar-refractivity contribution in [3.8, 4) is 11.5 Å². The maximum atomic E-state index is 12.3. The minimum Gasteiger partial charge on any atom is -0.345 e. The predicted molar refractivity (Wildman–Crippen MR) is 86.8 cm³/mol. The summed E-state index contributed by atoms with van der Waals surface area (Å²) < 4.78 is 5.22. The number of carbonyl (C=O) groups is 1. The summed E-state index contributed by atoms with van der Waals surface area (Å²) in [6, 6.07) is 15.2. The number of aryl methyl sites for hydroxylation is 1. The van der Waals surface area contributed by atoms with Crippen LogP contribution >= 0.6 is 0 Å². The number of nitrogens with zero attached hydrogens (tertiary/aromatic N) is 2. The van der Waals surface area contributed by atoms with E-state index in [2.05, 4.69) is 15.5 Å². The number of aromatic nitrogens is 2. The Labute approximate surface area is 134 Å². The van der Waals surface area contributed by atoms with Crippen molar-refractivity contribution in [2.45, 2.75) is 20.4 Å². The van der Waals surface area contributed by atoms with Crippen molar-refractivity contribution in [2.75, 3.05) is 0 Å². The largest absolute Gasteiger partial charge is 0.345 e. The van der Waals surface area contributed by atoms with Gasteiger partial charge < -0.3 is 9.84 Å². The van der Waals surface area contributed by atoms with Gasteiger partial charge in [-0.1, -0.05) is 35.5 Å². The number of nitrogens with one attached hydrogen (secondary N) is 1. The average molecular weight is 307 g/mol. The van der Waals surface area contributed by atoms with Gasteiger partial charge in [-0.2, -0.15) is 4.98 Å². The van der Waals surface area contributed by atoms with E-state index in [-0.39, 0.29) is 12.5 Å². The summed E-state index contributed by atoms with van der Waals surface area (Å²) >= 11 is 0. The van der Waals surface area contributed by atoms with E-state index in [1.165, 1.54) is 0 Å². The molecule has 0 atom stereocenters. The fraction of sp³-hybridized carbons (Fsp3) is 0.167. The van der Waals surface area contributed by atoms with Crippen molar-refractivity contribution in [3.63, 3.8) is 0 Å². The molecule has 116 valence electrons. The van der Waals surface area contributed by atoms with E-state index in [1.807, 2.05) is 62.4 Å². The first-order chi connectivity index (χ1) is 11.1. The molecular weight excluding hydrogens is 290 g/mol. The molecule has 0 bridgehead atoms. The highest BCUT2D eigenvalue weighted by Gasteiger charge is 2.12. The molecule has 2 aromatic carbocycles. The van der Waals surface area contributed by atoms with Crippen LogP contribution in [-0.2, 0) is 6.54 Å². The standard InChI is InChI=1S/C18H17N3O2/c1-12-7-6-10-15(13(12)2)17(22)19-11-16-20-18(23-21-16)14-8-4-3-5-9-14/h3-10H,11H2,1-2H3,(H,19,22). The van der Waals surface area contributed by atoms with Crippen LogP contribution in [0.15, 0.2) is 53.1 Å². The molecule has 1 N–H and O–H groups in total. The van der Waals surface area contributed by atoms with Crippen LogP contribution in [0, 0.1) is 13.8 Å². The van der Waals surface area contributed by atoms with Crippen LogP contribution in [0.3, 0.4) is 0 Å². The lowest BCUT2D eigenvalue weighted by molar-refractivity contribution is 0.0949. The molecular formula is C18H17N3O2. The summed E-state index contributed by atoms with van der Waals surface area (Å²) in [4.78, 5) is 16.6. The van der Waals surface area contributed by atoms with Crippen molar-refractivity contribution in [1.82, 2.24) is 15.5 Å². The van der Waals surface area contributed by atoms with Crippen LogP contribution in [0.2, 0.25) is 0 Å². The van der Waals surface area contributed by atoms with Crippen LogP contribution in [-0.4, -0.2) is 16.0 Å². The molecule has 0 radical (unpaired) electrons. The molecule has 0 aliphatic carbocycles. The zero-order valence-electron chi connectivity index (χ0n) is 13.0. The van der Waals surface area contributed by atoms with E-state index in [9.17, 15) is 4.79 Å². The summed E-state index contributed by atoms with van der Waals surface area (Å²) in [6.07, 6.45) is 0. The van der Waals surface area contributed by atoms with E-state index in [0.717, 1.165) is 16.7 Å². The quantitative estimate of drug-likeness (QED) is 0.803. The van der Waals surface area contributed by atoms with Gasteiger partial charge in [0.15, 0.2) is 5.82 Å². The van der Waals surface area contributed by atoms with Gasteiger partial charge in [0.05, 0.1) is 6.54 Å². The normalized spacial score (nSPS) is 10.5. The van der Waals surface area contributed by atoms with E-state index < -0.39 is 0 Å². The van der Waals surface area contributed by atoms with Gasteiger partial charge >= 0.3 is 0 Å². The number of benzene rings is 2. The van der Waals surface area contributed by atoms with Crippen molar-refractivity contribution in [3.05, 3.63) is 71.0 Å². The topological polar surface area (TPSA) is 68.0 Å². The lowest BCUT2D eigenvalue weighted by Gasteiger charge is -2.08. The smallest absolute Gasteiger partial charge is 0.257 e. The molecule has 3 aromatic rings. The minimum absolute atomic E-state index is 0.141. The van der Waals surface area contributed by atoms with Gasteiger partial charge in [0.2, 0.25) is 0 Å². The van der Waals surface area contributed by atoms with Gasteiger partial charge in [-0.25, -0.2) is 0 Å². The van der Waals surface area contributed by atoms with Gasteiger partial charge in [0, 0.05) is 11.1 Å². The number of hydrogen-bond acceptors (Lipinski definition) is 4. The van der Waals surface area contributed by atoms with E-state index >= 15 is 0 Å². The molecule has 0 fully saturated rings. The highest BCUT2D eigenvalue weighted by molar-refractivity contribution is 5.95.